The van der Waals surface area contributed by atoms with E-state index >= 15 is 0 Å². The van der Waals surface area contributed by atoms with Crippen LogP contribution in [-0.4, -0.2) is 29.2 Å². The summed E-state index contributed by atoms with van der Waals surface area (Å²) in [4.78, 5) is 22.5. The number of halogens is 3. The second-order valence-electron chi connectivity index (χ2n) is 3.88. The predicted octanol–water partition coefficient (Wildman–Crippen LogP) is 2.04. The quantitative estimate of drug-likeness (QED) is 0.865. The molecule has 7 heteroatoms. The van der Waals surface area contributed by atoms with Crippen molar-refractivity contribution >= 4 is 17.6 Å². The van der Waals surface area contributed by atoms with Gasteiger partial charge in [-0.25, -0.2) is 4.79 Å². The summed E-state index contributed by atoms with van der Waals surface area (Å²) in [5.74, 6) is -1.62. The highest BCUT2D eigenvalue weighted by Gasteiger charge is 2.45. The van der Waals surface area contributed by atoms with Crippen LogP contribution in [0.1, 0.15) is 12.5 Å². The van der Waals surface area contributed by atoms with Gasteiger partial charge in [0.15, 0.2) is 0 Å². The van der Waals surface area contributed by atoms with Crippen LogP contribution in [0, 0.1) is 12.3 Å². The van der Waals surface area contributed by atoms with Gasteiger partial charge in [0, 0.05) is 11.3 Å². The standard InChI is InChI=1S/C13H10F3NO3/c1-3-9-5-4-6-10(7-9)17(8(2)11(18)19)12(20)13(14,15)16/h1,4-8H,2H3,(H,18,19). The van der Waals surface area contributed by atoms with Gasteiger partial charge in [0.05, 0.1) is 0 Å². The van der Waals surface area contributed by atoms with Gasteiger partial charge >= 0.3 is 18.1 Å². The molecular weight excluding hydrogens is 275 g/mol. The summed E-state index contributed by atoms with van der Waals surface area (Å²) in [6.07, 6.45) is -0.0600. The van der Waals surface area contributed by atoms with Gasteiger partial charge in [0.1, 0.15) is 6.04 Å². The van der Waals surface area contributed by atoms with Gasteiger partial charge in [-0.2, -0.15) is 13.2 Å². The molecular formula is C13H10F3NO3. The lowest BCUT2D eigenvalue weighted by molar-refractivity contribution is -0.171. The van der Waals surface area contributed by atoms with Crippen LogP contribution < -0.4 is 4.90 Å². The summed E-state index contributed by atoms with van der Waals surface area (Å²) < 4.78 is 37.7. The second kappa shape index (κ2) is 5.65. The van der Waals surface area contributed by atoms with Gasteiger partial charge in [-0.1, -0.05) is 12.0 Å². The first kappa shape index (κ1) is 15.6. The monoisotopic (exact) mass is 285 g/mol. The van der Waals surface area contributed by atoms with E-state index in [-0.39, 0.29) is 16.2 Å². The molecule has 1 atom stereocenters. The Morgan fingerprint density at radius 2 is 2.00 bits per heavy atom. The number of carboxylic acids is 1. The predicted molar refractivity (Wildman–Crippen MR) is 65.0 cm³/mol. The van der Waals surface area contributed by atoms with Crippen molar-refractivity contribution in [2.75, 3.05) is 4.90 Å². The van der Waals surface area contributed by atoms with Crippen molar-refractivity contribution in [3.8, 4) is 12.3 Å². The molecule has 20 heavy (non-hydrogen) atoms. The summed E-state index contributed by atoms with van der Waals surface area (Å²) in [6.45, 7) is 0.981. The molecule has 106 valence electrons. The normalized spacial score (nSPS) is 12.3. The molecule has 1 N–H and O–H groups in total. The molecule has 4 nitrogen and oxygen atoms in total. The zero-order valence-corrected chi connectivity index (χ0v) is 10.3. The number of hydrogen-bond donors (Lipinski definition) is 1. The topological polar surface area (TPSA) is 57.6 Å². The Kier molecular flexibility index (Phi) is 4.40. The van der Waals surface area contributed by atoms with E-state index in [0.717, 1.165) is 13.0 Å². The molecule has 0 aliphatic heterocycles. The van der Waals surface area contributed by atoms with Gasteiger partial charge < -0.3 is 5.11 Å². The molecule has 0 spiro atoms. The fourth-order valence-corrected chi connectivity index (χ4v) is 1.51. The fourth-order valence-electron chi connectivity index (χ4n) is 1.51. The summed E-state index contributed by atoms with van der Waals surface area (Å²) in [7, 11) is 0. The number of hydrogen-bond acceptors (Lipinski definition) is 2. The maximum absolute atomic E-state index is 12.6. The first-order valence-electron chi connectivity index (χ1n) is 5.38. The van der Waals surface area contributed by atoms with Gasteiger partial charge in [0.2, 0.25) is 0 Å². The van der Waals surface area contributed by atoms with E-state index < -0.39 is 24.1 Å². The van der Waals surface area contributed by atoms with Crippen molar-refractivity contribution in [3.05, 3.63) is 29.8 Å². The number of terminal acetylenes is 1. The first-order chi connectivity index (χ1) is 9.18. The molecule has 0 bridgehead atoms. The van der Waals surface area contributed by atoms with E-state index in [4.69, 9.17) is 11.5 Å². The van der Waals surface area contributed by atoms with Crippen molar-refractivity contribution in [2.24, 2.45) is 0 Å². The molecule has 1 amide bonds. The minimum Gasteiger partial charge on any atom is -0.480 e. The molecule has 0 aliphatic rings. The van der Waals surface area contributed by atoms with Crippen LogP contribution in [0.5, 0.6) is 0 Å². The van der Waals surface area contributed by atoms with Crippen molar-refractivity contribution in [2.45, 2.75) is 19.1 Å². The summed E-state index contributed by atoms with van der Waals surface area (Å²) in [5, 5.41) is 8.85. The average molecular weight is 285 g/mol. The second-order valence-corrected chi connectivity index (χ2v) is 3.88. The van der Waals surface area contributed by atoms with Crippen LogP contribution in [0.3, 0.4) is 0 Å². The molecule has 1 aromatic rings. The Morgan fingerprint density at radius 3 is 2.45 bits per heavy atom. The average Bonchev–Trinajstić information content (AvgIpc) is 2.37. The van der Waals surface area contributed by atoms with Gasteiger partial charge in [-0.15, -0.1) is 6.42 Å². The van der Waals surface area contributed by atoms with Crippen LogP contribution in [0.15, 0.2) is 24.3 Å². The van der Waals surface area contributed by atoms with Crippen molar-refractivity contribution in [1.29, 1.82) is 0 Å². The Balaban J connectivity index is 3.34. The number of anilines is 1. The molecule has 0 saturated carbocycles. The molecule has 0 aromatic heterocycles. The van der Waals surface area contributed by atoms with E-state index in [2.05, 4.69) is 5.92 Å². The van der Waals surface area contributed by atoms with E-state index in [1.807, 2.05) is 0 Å². The number of aliphatic carboxylic acids is 1. The number of carboxylic acid groups (broad SMARTS) is 1. The third-order valence-corrected chi connectivity index (χ3v) is 2.50. The lowest BCUT2D eigenvalue weighted by Gasteiger charge is -2.27. The van der Waals surface area contributed by atoms with Gasteiger partial charge in [0.25, 0.3) is 0 Å². The maximum atomic E-state index is 12.6. The fraction of sp³-hybridized carbons (Fsp3) is 0.231. The van der Waals surface area contributed by atoms with Crippen LogP contribution in [0.25, 0.3) is 0 Å². The summed E-state index contributed by atoms with van der Waals surface area (Å²) >= 11 is 0. The molecule has 1 aromatic carbocycles. The lowest BCUT2D eigenvalue weighted by atomic mass is 10.1. The van der Waals surface area contributed by atoms with Crippen LogP contribution in [-0.2, 0) is 9.59 Å². The lowest BCUT2D eigenvalue weighted by Crippen LogP contribution is -2.49. The van der Waals surface area contributed by atoms with Crippen molar-refractivity contribution in [1.82, 2.24) is 0 Å². The largest absolute Gasteiger partial charge is 0.480 e. The number of benzene rings is 1. The molecule has 0 radical (unpaired) electrons. The number of nitrogens with zero attached hydrogens (tertiary/aromatic N) is 1. The molecule has 0 heterocycles. The highest BCUT2D eigenvalue weighted by atomic mass is 19.4. The Morgan fingerprint density at radius 1 is 1.40 bits per heavy atom. The van der Waals surface area contributed by atoms with E-state index in [1.54, 1.807) is 0 Å². The third kappa shape index (κ3) is 3.29. The number of rotatable bonds is 3. The van der Waals surface area contributed by atoms with Crippen LogP contribution in [0.4, 0.5) is 18.9 Å². The minimum atomic E-state index is -5.18. The van der Waals surface area contributed by atoms with E-state index in [0.29, 0.717) is 0 Å². The summed E-state index contributed by atoms with van der Waals surface area (Å²) in [5.41, 5.74) is 0.0118. The van der Waals surface area contributed by atoms with E-state index in [9.17, 15) is 22.8 Å². The summed E-state index contributed by atoms with van der Waals surface area (Å²) in [6, 6.07) is 3.44. The highest BCUT2D eigenvalue weighted by Crippen LogP contribution is 2.26. The maximum Gasteiger partial charge on any atom is 0.471 e. The first-order valence-corrected chi connectivity index (χ1v) is 5.38. The molecule has 1 rings (SSSR count). The molecule has 0 fully saturated rings. The molecule has 1 unspecified atom stereocenters. The number of amides is 1. The van der Waals surface area contributed by atoms with E-state index in [1.165, 1.54) is 18.2 Å². The third-order valence-electron chi connectivity index (χ3n) is 2.50. The Hall–Kier alpha value is -2.49. The zero-order valence-electron chi connectivity index (χ0n) is 10.3. The van der Waals surface area contributed by atoms with Gasteiger partial charge in [-0.3, -0.25) is 9.69 Å². The number of carbonyl (C=O) groups is 2. The number of carbonyl (C=O) groups excluding carboxylic acids is 1. The number of alkyl halides is 3. The molecule has 0 aliphatic carbocycles. The van der Waals surface area contributed by atoms with Gasteiger partial charge in [-0.05, 0) is 25.1 Å². The van der Waals surface area contributed by atoms with Crippen molar-refractivity contribution in [3.63, 3.8) is 0 Å². The van der Waals surface area contributed by atoms with Crippen LogP contribution >= 0.6 is 0 Å². The minimum absolute atomic E-state index is 0.156. The van der Waals surface area contributed by atoms with Crippen LogP contribution in [0.2, 0.25) is 0 Å². The van der Waals surface area contributed by atoms with Crippen molar-refractivity contribution < 1.29 is 27.9 Å². The Bertz CT molecular complexity index is 575. The smallest absolute Gasteiger partial charge is 0.471 e. The molecule has 0 saturated heterocycles. The Labute approximate surface area is 112 Å². The zero-order chi connectivity index (χ0) is 15.5. The SMILES string of the molecule is C#Cc1cccc(N(C(=O)C(F)(F)F)C(C)C(=O)O)c1. The highest BCUT2D eigenvalue weighted by molar-refractivity contribution is 6.02.